The lowest BCUT2D eigenvalue weighted by molar-refractivity contribution is -0.140. The van der Waals surface area contributed by atoms with Crippen molar-refractivity contribution in [1.82, 2.24) is 10.2 Å². The average molecular weight is 596 g/mol. The predicted molar refractivity (Wildman–Crippen MR) is 147 cm³/mol. The number of alkyl halides is 3. The number of rotatable bonds is 10. The summed E-state index contributed by atoms with van der Waals surface area (Å²) in [6, 6.07) is 15.5. The third kappa shape index (κ3) is 7.14. The molecule has 0 saturated heterocycles. The maximum atomic E-state index is 13.9. The van der Waals surface area contributed by atoms with E-state index < -0.39 is 51.9 Å². The van der Waals surface area contributed by atoms with Gasteiger partial charge in [0.2, 0.25) is 11.8 Å². The van der Waals surface area contributed by atoms with Crippen LogP contribution >= 0.6 is 11.6 Å². The van der Waals surface area contributed by atoms with Crippen molar-refractivity contribution < 1.29 is 31.2 Å². The largest absolute Gasteiger partial charge is 0.416 e. The lowest BCUT2D eigenvalue weighted by Gasteiger charge is -2.33. The predicted octanol–water partition coefficient (Wildman–Crippen LogP) is 5.42. The lowest BCUT2D eigenvalue weighted by atomic mass is 10.1. The number of carbonyl (C=O) groups is 2. The molecule has 0 radical (unpaired) electrons. The van der Waals surface area contributed by atoms with Crippen LogP contribution in [0.25, 0.3) is 0 Å². The first-order chi connectivity index (χ1) is 18.8. The molecule has 0 fully saturated rings. The summed E-state index contributed by atoms with van der Waals surface area (Å²) in [5, 5.41) is 2.21. The topological polar surface area (TPSA) is 86.8 Å². The van der Waals surface area contributed by atoms with E-state index in [0.29, 0.717) is 15.9 Å². The van der Waals surface area contributed by atoms with Crippen molar-refractivity contribution in [2.45, 2.75) is 43.9 Å². The number of aryl methyl sites for hydroxylation is 1. The Morgan fingerprint density at radius 2 is 1.68 bits per heavy atom. The van der Waals surface area contributed by atoms with Gasteiger partial charge in [-0.3, -0.25) is 13.9 Å². The molecule has 1 atom stereocenters. The molecule has 3 aromatic rings. The molecule has 0 aromatic heterocycles. The first-order valence-electron chi connectivity index (χ1n) is 12.3. The molecule has 0 aliphatic rings. The van der Waals surface area contributed by atoms with Gasteiger partial charge in [-0.25, -0.2) is 8.42 Å². The van der Waals surface area contributed by atoms with Crippen LogP contribution < -0.4 is 9.62 Å². The first-order valence-corrected chi connectivity index (χ1v) is 14.1. The highest BCUT2D eigenvalue weighted by atomic mass is 35.5. The van der Waals surface area contributed by atoms with E-state index in [0.717, 1.165) is 17.7 Å². The number of halogens is 4. The Morgan fingerprint density at radius 3 is 2.25 bits per heavy atom. The second-order valence-electron chi connectivity index (χ2n) is 9.04. The Hall–Kier alpha value is -3.57. The Morgan fingerprint density at radius 1 is 1.00 bits per heavy atom. The van der Waals surface area contributed by atoms with E-state index in [1.165, 1.54) is 36.2 Å². The van der Waals surface area contributed by atoms with Crippen LogP contribution in [0.1, 0.15) is 30.0 Å². The lowest BCUT2D eigenvalue weighted by Crippen LogP contribution is -2.51. The maximum absolute atomic E-state index is 13.9. The number of sulfonamides is 1. The molecule has 12 heteroatoms. The molecule has 1 N–H and O–H groups in total. The third-order valence-corrected chi connectivity index (χ3v) is 8.31. The second-order valence-corrected chi connectivity index (χ2v) is 11.3. The van der Waals surface area contributed by atoms with Crippen LogP contribution in [0.15, 0.2) is 77.7 Å². The van der Waals surface area contributed by atoms with Crippen molar-refractivity contribution in [3.63, 3.8) is 0 Å². The van der Waals surface area contributed by atoms with Gasteiger partial charge in [-0.1, -0.05) is 66.6 Å². The van der Waals surface area contributed by atoms with Gasteiger partial charge in [0, 0.05) is 13.6 Å². The molecule has 3 aromatic carbocycles. The minimum absolute atomic E-state index is 0.0397. The van der Waals surface area contributed by atoms with Crippen LogP contribution in [-0.2, 0) is 32.3 Å². The quantitative estimate of drug-likeness (QED) is 0.339. The summed E-state index contributed by atoms with van der Waals surface area (Å²) >= 11 is 6.25. The number of benzene rings is 3. The van der Waals surface area contributed by atoms with Gasteiger partial charge < -0.3 is 10.2 Å². The third-order valence-electron chi connectivity index (χ3n) is 6.22. The summed E-state index contributed by atoms with van der Waals surface area (Å²) in [6.45, 7) is 2.60. The number of amides is 2. The van der Waals surface area contributed by atoms with Gasteiger partial charge in [-0.05, 0) is 49.2 Å². The Kier molecular flexibility index (Phi) is 9.86. The first kappa shape index (κ1) is 31.0. The molecule has 0 heterocycles. The van der Waals surface area contributed by atoms with Crippen LogP contribution in [0, 0.1) is 6.92 Å². The van der Waals surface area contributed by atoms with Crippen LogP contribution in [0.4, 0.5) is 18.9 Å². The number of hydrogen-bond acceptors (Lipinski definition) is 4. The van der Waals surface area contributed by atoms with Crippen molar-refractivity contribution in [3.05, 3.63) is 94.5 Å². The highest BCUT2D eigenvalue weighted by Crippen LogP contribution is 2.37. The van der Waals surface area contributed by atoms with Gasteiger partial charge in [0.05, 0.1) is 21.2 Å². The van der Waals surface area contributed by atoms with Gasteiger partial charge in [0.1, 0.15) is 12.6 Å². The fraction of sp³-hybridized carbons (Fsp3) is 0.286. The van der Waals surface area contributed by atoms with E-state index >= 15 is 0 Å². The van der Waals surface area contributed by atoms with Crippen LogP contribution in [-0.4, -0.2) is 44.8 Å². The number of nitrogens with one attached hydrogen (secondary N) is 1. The zero-order valence-corrected chi connectivity index (χ0v) is 23.6. The van der Waals surface area contributed by atoms with E-state index in [1.54, 1.807) is 25.1 Å². The highest BCUT2D eigenvalue weighted by molar-refractivity contribution is 7.92. The summed E-state index contributed by atoms with van der Waals surface area (Å²) in [6.07, 6.45) is -4.60. The minimum Gasteiger partial charge on any atom is -0.357 e. The van der Waals surface area contributed by atoms with Crippen molar-refractivity contribution in [3.8, 4) is 0 Å². The molecular weight excluding hydrogens is 567 g/mol. The van der Waals surface area contributed by atoms with E-state index in [4.69, 9.17) is 11.6 Å². The molecule has 7 nitrogen and oxygen atoms in total. The number of hydrogen-bond donors (Lipinski definition) is 1. The number of nitrogens with zero attached hydrogens (tertiary/aromatic N) is 2. The summed E-state index contributed by atoms with van der Waals surface area (Å²) in [5.41, 5.74) is -0.0644. The van der Waals surface area contributed by atoms with Gasteiger partial charge in [0.15, 0.2) is 0 Å². The highest BCUT2D eigenvalue weighted by Gasteiger charge is 2.36. The van der Waals surface area contributed by atoms with Crippen molar-refractivity contribution in [2.75, 3.05) is 17.9 Å². The average Bonchev–Trinajstić information content (AvgIpc) is 2.91. The van der Waals surface area contributed by atoms with Crippen LogP contribution in [0.2, 0.25) is 5.02 Å². The molecule has 2 amide bonds. The van der Waals surface area contributed by atoms with E-state index in [-0.39, 0.29) is 22.9 Å². The van der Waals surface area contributed by atoms with Gasteiger partial charge in [0.25, 0.3) is 10.0 Å². The van der Waals surface area contributed by atoms with E-state index in [2.05, 4.69) is 5.32 Å². The normalized spacial score (nSPS) is 12.5. The molecule has 214 valence electrons. The molecule has 0 aliphatic carbocycles. The van der Waals surface area contributed by atoms with E-state index in [9.17, 15) is 31.2 Å². The second kappa shape index (κ2) is 12.7. The zero-order valence-electron chi connectivity index (χ0n) is 22.1. The zero-order chi connectivity index (χ0) is 29.7. The Labute approximate surface area is 236 Å². The SMILES string of the molecule is CC[C@H](C(=O)NC)N(Cc1cccc(C)c1)C(=O)CN(c1cc(C(F)(F)F)ccc1Cl)S(=O)(=O)c1ccccc1. The molecule has 0 bridgehead atoms. The molecule has 0 saturated carbocycles. The fourth-order valence-corrected chi connectivity index (χ4v) is 5.92. The summed E-state index contributed by atoms with van der Waals surface area (Å²) in [4.78, 5) is 27.6. The van der Waals surface area contributed by atoms with Gasteiger partial charge in [-0.2, -0.15) is 13.2 Å². The number of carbonyl (C=O) groups excluding carboxylic acids is 2. The number of anilines is 1. The summed E-state index contributed by atoms with van der Waals surface area (Å²) in [7, 11) is -3.16. The van der Waals surface area contributed by atoms with E-state index in [1.807, 2.05) is 19.1 Å². The summed E-state index contributed by atoms with van der Waals surface area (Å²) < 4.78 is 68.9. The van der Waals surface area contributed by atoms with Gasteiger partial charge >= 0.3 is 6.18 Å². The molecule has 40 heavy (non-hydrogen) atoms. The Bertz CT molecular complexity index is 1470. The standard InChI is InChI=1S/C28H29ClF3N3O4S/c1-4-24(27(37)33-3)34(17-20-10-8-9-19(2)15-20)26(36)18-35(40(38,39)22-11-6-5-7-12-22)25-16-21(28(30,31)32)13-14-23(25)29/h5-16,24H,4,17-18H2,1-3H3,(H,33,37)/t24-/m1/s1. The monoisotopic (exact) mass is 595 g/mol. The van der Waals surface area contributed by atoms with Crippen LogP contribution in [0.3, 0.4) is 0 Å². The molecule has 0 aliphatic heterocycles. The number of likely N-dealkylation sites (N-methyl/N-ethyl adjacent to an activating group) is 1. The van der Waals surface area contributed by atoms with Crippen molar-refractivity contribution in [1.29, 1.82) is 0 Å². The van der Waals surface area contributed by atoms with Crippen LogP contribution in [0.5, 0.6) is 0 Å². The van der Waals surface area contributed by atoms with Crippen molar-refractivity contribution >= 4 is 39.1 Å². The molecule has 0 unspecified atom stereocenters. The Balaban J connectivity index is 2.16. The molecule has 3 rings (SSSR count). The smallest absolute Gasteiger partial charge is 0.357 e. The summed E-state index contributed by atoms with van der Waals surface area (Å²) in [5.74, 6) is -1.27. The molecular formula is C28H29ClF3N3O4S. The minimum atomic E-state index is -4.80. The maximum Gasteiger partial charge on any atom is 0.416 e. The molecule has 0 spiro atoms. The van der Waals surface area contributed by atoms with Crippen molar-refractivity contribution in [2.24, 2.45) is 0 Å². The fourth-order valence-electron chi connectivity index (χ4n) is 4.21. The van der Waals surface area contributed by atoms with Gasteiger partial charge in [-0.15, -0.1) is 0 Å².